The second-order valence-corrected chi connectivity index (χ2v) is 4.38. The second-order valence-electron chi connectivity index (χ2n) is 3.52. The predicted molar refractivity (Wildman–Crippen MR) is 70.5 cm³/mol. The maximum Gasteiger partial charge on any atom is 0.140 e. The van der Waals surface area contributed by atoms with Crippen LogP contribution in [-0.2, 0) is 6.61 Å². The van der Waals surface area contributed by atoms with Gasteiger partial charge in [-0.05, 0) is 46.3 Å². The first-order valence-corrected chi connectivity index (χ1v) is 5.99. The van der Waals surface area contributed by atoms with Crippen LogP contribution in [0.2, 0.25) is 0 Å². The fourth-order valence-corrected chi connectivity index (χ4v) is 1.72. The molecule has 0 radical (unpaired) electrons. The van der Waals surface area contributed by atoms with Crippen LogP contribution in [0.25, 0.3) is 0 Å². The number of nitrogens with one attached hydrogen (secondary N) is 1. The number of anilines is 1. The van der Waals surface area contributed by atoms with Crippen LogP contribution in [-0.4, -0.2) is 4.98 Å². The number of halogens is 2. The van der Waals surface area contributed by atoms with Crippen molar-refractivity contribution in [2.75, 3.05) is 5.43 Å². The maximum absolute atomic E-state index is 13.0. The molecule has 0 aliphatic rings. The Balaban J connectivity index is 2.04. The van der Waals surface area contributed by atoms with Crippen molar-refractivity contribution in [3.63, 3.8) is 0 Å². The molecule has 94 valence electrons. The number of pyridine rings is 1. The van der Waals surface area contributed by atoms with Crippen molar-refractivity contribution in [2.24, 2.45) is 5.84 Å². The van der Waals surface area contributed by atoms with Gasteiger partial charge < -0.3 is 10.2 Å². The predicted octanol–water partition coefficient (Wildman–Crippen LogP) is 2.85. The van der Waals surface area contributed by atoms with E-state index < -0.39 is 0 Å². The van der Waals surface area contributed by atoms with Gasteiger partial charge >= 0.3 is 0 Å². The minimum atomic E-state index is -0.324. The van der Waals surface area contributed by atoms with E-state index >= 15 is 0 Å². The van der Waals surface area contributed by atoms with E-state index in [0.717, 1.165) is 5.69 Å². The minimum absolute atomic E-state index is 0.285. The Hall–Kier alpha value is -1.66. The molecule has 18 heavy (non-hydrogen) atoms. The zero-order valence-electron chi connectivity index (χ0n) is 9.36. The number of hydrogen-bond donors (Lipinski definition) is 2. The number of nitrogen functional groups attached to an aromatic ring is 1. The Morgan fingerprint density at radius 2 is 2.17 bits per heavy atom. The molecule has 0 spiro atoms. The summed E-state index contributed by atoms with van der Waals surface area (Å²) in [5, 5.41) is 0. The SMILES string of the molecule is NNc1cccc(COc2ccc(F)c(Br)c2)n1. The molecular formula is C12H11BrFN3O. The van der Waals surface area contributed by atoms with Gasteiger partial charge in [-0.3, -0.25) is 0 Å². The van der Waals surface area contributed by atoms with Crippen LogP contribution in [0.3, 0.4) is 0 Å². The van der Waals surface area contributed by atoms with Crippen molar-refractivity contribution in [3.05, 3.63) is 52.4 Å². The van der Waals surface area contributed by atoms with Gasteiger partial charge in [-0.2, -0.15) is 0 Å². The number of nitrogens with two attached hydrogens (primary N) is 1. The Kier molecular flexibility index (Phi) is 4.11. The van der Waals surface area contributed by atoms with Crippen LogP contribution in [0.5, 0.6) is 5.75 Å². The van der Waals surface area contributed by atoms with Gasteiger partial charge in [0.1, 0.15) is 24.0 Å². The van der Waals surface area contributed by atoms with Gasteiger partial charge in [-0.15, -0.1) is 0 Å². The zero-order chi connectivity index (χ0) is 13.0. The first-order chi connectivity index (χ1) is 8.69. The lowest BCUT2D eigenvalue weighted by Crippen LogP contribution is -2.09. The van der Waals surface area contributed by atoms with Crippen molar-refractivity contribution in [3.8, 4) is 5.75 Å². The van der Waals surface area contributed by atoms with Gasteiger partial charge in [0.2, 0.25) is 0 Å². The van der Waals surface area contributed by atoms with Crippen LogP contribution in [0.4, 0.5) is 10.2 Å². The third-order valence-corrected chi connectivity index (χ3v) is 2.84. The van der Waals surface area contributed by atoms with E-state index in [1.807, 2.05) is 12.1 Å². The van der Waals surface area contributed by atoms with E-state index in [9.17, 15) is 4.39 Å². The smallest absolute Gasteiger partial charge is 0.140 e. The maximum atomic E-state index is 13.0. The van der Waals surface area contributed by atoms with Crippen LogP contribution >= 0.6 is 15.9 Å². The average Bonchev–Trinajstić information content (AvgIpc) is 2.40. The summed E-state index contributed by atoms with van der Waals surface area (Å²) in [5.74, 6) is 6.07. The quantitative estimate of drug-likeness (QED) is 0.673. The highest BCUT2D eigenvalue weighted by molar-refractivity contribution is 9.10. The Bertz CT molecular complexity index is 551. The molecule has 2 rings (SSSR count). The molecule has 2 aromatic rings. The Labute approximate surface area is 112 Å². The number of nitrogens with zero attached hydrogens (tertiary/aromatic N) is 1. The fraction of sp³-hybridized carbons (Fsp3) is 0.0833. The molecule has 4 nitrogen and oxygen atoms in total. The van der Waals surface area contributed by atoms with Gasteiger partial charge in [0.25, 0.3) is 0 Å². The monoisotopic (exact) mass is 311 g/mol. The summed E-state index contributed by atoms with van der Waals surface area (Å²) in [6.45, 7) is 0.285. The highest BCUT2D eigenvalue weighted by Gasteiger charge is 2.02. The number of aromatic nitrogens is 1. The Morgan fingerprint density at radius 1 is 1.33 bits per heavy atom. The molecular weight excluding hydrogens is 301 g/mol. The van der Waals surface area contributed by atoms with E-state index in [-0.39, 0.29) is 12.4 Å². The summed E-state index contributed by atoms with van der Waals surface area (Å²) in [5.41, 5.74) is 3.19. The molecule has 1 heterocycles. The molecule has 1 aromatic heterocycles. The topological polar surface area (TPSA) is 60.2 Å². The Morgan fingerprint density at radius 3 is 2.89 bits per heavy atom. The number of rotatable bonds is 4. The zero-order valence-corrected chi connectivity index (χ0v) is 10.9. The van der Waals surface area contributed by atoms with E-state index in [1.54, 1.807) is 18.2 Å². The standard InChI is InChI=1S/C12H11BrFN3O/c13-10-6-9(4-5-11(10)14)18-7-8-2-1-3-12(16-8)17-15/h1-6H,7,15H2,(H,16,17). The molecule has 3 N–H and O–H groups in total. The summed E-state index contributed by atoms with van der Waals surface area (Å²) in [6, 6.07) is 9.86. The first kappa shape index (κ1) is 12.8. The third-order valence-electron chi connectivity index (χ3n) is 2.23. The lowest BCUT2D eigenvalue weighted by molar-refractivity contribution is 0.301. The lowest BCUT2D eigenvalue weighted by Gasteiger charge is -2.07. The van der Waals surface area contributed by atoms with Crippen LogP contribution in [0.1, 0.15) is 5.69 Å². The molecule has 0 atom stereocenters. The first-order valence-electron chi connectivity index (χ1n) is 5.19. The molecule has 0 fully saturated rings. The summed E-state index contributed by atoms with van der Waals surface area (Å²) in [4.78, 5) is 4.20. The van der Waals surface area contributed by atoms with Gasteiger partial charge in [-0.1, -0.05) is 6.07 Å². The molecule has 0 saturated carbocycles. The summed E-state index contributed by atoms with van der Waals surface area (Å²) < 4.78 is 18.9. The van der Waals surface area contributed by atoms with E-state index in [2.05, 4.69) is 26.3 Å². The third kappa shape index (κ3) is 3.18. The van der Waals surface area contributed by atoms with Gasteiger partial charge in [0.15, 0.2) is 0 Å². The number of benzene rings is 1. The molecule has 0 aliphatic heterocycles. The van der Waals surface area contributed by atoms with Gasteiger partial charge in [0, 0.05) is 0 Å². The van der Waals surface area contributed by atoms with Crippen LogP contribution in [0.15, 0.2) is 40.9 Å². The van der Waals surface area contributed by atoms with Gasteiger partial charge in [-0.25, -0.2) is 15.2 Å². The van der Waals surface area contributed by atoms with Gasteiger partial charge in [0.05, 0.1) is 10.2 Å². The second kappa shape index (κ2) is 5.79. The fourth-order valence-electron chi connectivity index (χ4n) is 1.36. The van der Waals surface area contributed by atoms with Crippen molar-refractivity contribution in [1.29, 1.82) is 0 Å². The van der Waals surface area contributed by atoms with E-state index in [0.29, 0.717) is 16.0 Å². The molecule has 0 amide bonds. The number of ether oxygens (including phenoxy) is 1. The summed E-state index contributed by atoms with van der Waals surface area (Å²) in [7, 11) is 0. The van der Waals surface area contributed by atoms with Crippen LogP contribution < -0.4 is 16.0 Å². The van der Waals surface area contributed by atoms with Crippen molar-refractivity contribution < 1.29 is 9.13 Å². The molecule has 0 bridgehead atoms. The number of hydrogen-bond acceptors (Lipinski definition) is 4. The van der Waals surface area contributed by atoms with Crippen molar-refractivity contribution in [1.82, 2.24) is 4.98 Å². The molecule has 0 saturated heterocycles. The van der Waals surface area contributed by atoms with Crippen molar-refractivity contribution >= 4 is 21.7 Å². The highest BCUT2D eigenvalue weighted by atomic mass is 79.9. The minimum Gasteiger partial charge on any atom is -0.487 e. The normalized spacial score (nSPS) is 10.2. The summed E-state index contributed by atoms with van der Waals surface area (Å²) in [6.07, 6.45) is 0. The number of hydrazine groups is 1. The van der Waals surface area contributed by atoms with Crippen LogP contribution in [0, 0.1) is 5.82 Å². The molecule has 6 heteroatoms. The largest absolute Gasteiger partial charge is 0.487 e. The van der Waals surface area contributed by atoms with E-state index in [1.165, 1.54) is 6.07 Å². The summed E-state index contributed by atoms with van der Waals surface area (Å²) >= 11 is 3.10. The highest BCUT2D eigenvalue weighted by Crippen LogP contribution is 2.22. The average molecular weight is 312 g/mol. The van der Waals surface area contributed by atoms with E-state index in [4.69, 9.17) is 10.6 Å². The lowest BCUT2D eigenvalue weighted by atomic mass is 10.3. The molecule has 0 unspecified atom stereocenters. The van der Waals surface area contributed by atoms with Crippen molar-refractivity contribution in [2.45, 2.75) is 6.61 Å². The molecule has 0 aliphatic carbocycles. The molecule has 1 aromatic carbocycles.